The van der Waals surface area contributed by atoms with Gasteiger partial charge in [0.05, 0.1) is 6.26 Å². The summed E-state index contributed by atoms with van der Waals surface area (Å²) >= 11 is 0. The van der Waals surface area contributed by atoms with Crippen LogP contribution in [0.3, 0.4) is 0 Å². The van der Waals surface area contributed by atoms with Gasteiger partial charge in [0.25, 0.3) is 0 Å². The molecule has 1 aromatic carbocycles. The first kappa shape index (κ1) is 13.2. The van der Waals surface area contributed by atoms with Crippen molar-refractivity contribution in [3.8, 4) is 0 Å². The van der Waals surface area contributed by atoms with E-state index in [0.29, 0.717) is 0 Å². The molecule has 1 aromatic rings. The molecule has 0 unspecified atom stereocenters. The van der Waals surface area contributed by atoms with Gasteiger partial charge in [-0.1, -0.05) is 49.1 Å². The molecule has 0 aliphatic rings. The fourth-order valence-electron chi connectivity index (χ4n) is 0.874. The third-order valence-electron chi connectivity index (χ3n) is 1.41. The lowest BCUT2D eigenvalue weighted by molar-refractivity contribution is -0.135. The number of carbonyl (C=O) groups excluding carboxylic acids is 1. The Hall–Kier alpha value is -1.83. The van der Waals surface area contributed by atoms with Gasteiger partial charge in [0.2, 0.25) is 0 Å². The Morgan fingerprint density at radius 3 is 2.27 bits per heavy atom. The molecule has 0 aromatic heterocycles. The van der Waals surface area contributed by atoms with E-state index in [1.807, 2.05) is 31.2 Å². The fraction of sp³-hybridized carbons (Fsp3) is 0.154. The molecule has 2 heteroatoms. The van der Waals surface area contributed by atoms with Gasteiger partial charge in [-0.2, -0.15) is 0 Å². The summed E-state index contributed by atoms with van der Waals surface area (Å²) in [7, 11) is 0. The first-order valence-corrected chi connectivity index (χ1v) is 4.66. The van der Waals surface area contributed by atoms with E-state index in [9.17, 15) is 4.79 Å². The molecule has 0 radical (unpaired) electrons. The normalized spacial score (nSPS) is 8.93. The van der Waals surface area contributed by atoms with Crippen LogP contribution in [0.2, 0.25) is 0 Å². The van der Waals surface area contributed by atoms with Crippen LogP contribution in [-0.4, -0.2) is 5.97 Å². The van der Waals surface area contributed by atoms with Crippen molar-refractivity contribution < 1.29 is 9.53 Å². The van der Waals surface area contributed by atoms with Gasteiger partial charge in [-0.05, 0) is 12.5 Å². The number of rotatable bonds is 2. The molecular weight excluding hydrogens is 188 g/mol. The second-order valence-electron chi connectivity index (χ2n) is 2.69. The van der Waals surface area contributed by atoms with Gasteiger partial charge in [0.1, 0.15) is 0 Å². The van der Waals surface area contributed by atoms with Crippen LogP contribution >= 0.6 is 0 Å². The molecule has 0 bridgehead atoms. The van der Waals surface area contributed by atoms with Crippen LogP contribution < -0.4 is 0 Å². The smallest absolute Gasteiger partial charge is 0.307 e. The summed E-state index contributed by atoms with van der Waals surface area (Å²) in [5.41, 5.74) is 1.26. The standard InChI is InChI=1S/C9H10.C4H6O2/c1-2-6-9-7-4-3-5-8-9;1-3-6-4(2)5/h2-8H,1H3;3H,1H2,2H3. The van der Waals surface area contributed by atoms with Crippen LogP contribution in [0.15, 0.2) is 49.2 Å². The maximum atomic E-state index is 9.75. The third-order valence-corrected chi connectivity index (χ3v) is 1.41. The highest BCUT2D eigenvalue weighted by molar-refractivity contribution is 5.66. The van der Waals surface area contributed by atoms with Crippen molar-refractivity contribution in [2.45, 2.75) is 13.8 Å². The van der Waals surface area contributed by atoms with Gasteiger partial charge in [-0.25, -0.2) is 0 Å². The van der Waals surface area contributed by atoms with E-state index < -0.39 is 0 Å². The van der Waals surface area contributed by atoms with Crippen molar-refractivity contribution in [3.05, 3.63) is 54.8 Å². The summed E-state index contributed by atoms with van der Waals surface area (Å²) < 4.78 is 4.17. The van der Waals surface area contributed by atoms with E-state index in [2.05, 4.69) is 29.5 Å². The largest absolute Gasteiger partial charge is 0.435 e. The van der Waals surface area contributed by atoms with Gasteiger partial charge in [-0.3, -0.25) is 4.79 Å². The first-order chi connectivity index (χ1) is 7.20. The second kappa shape index (κ2) is 8.75. The Kier molecular flexibility index (Phi) is 7.69. The van der Waals surface area contributed by atoms with E-state index in [0.717, 1.165) is 6.26 Å². The van der Waals surface area contributed by atoms with Gasteiger partial charge in [0.15, 0.2) is 0 Å². The number of hydrogen-bond donors (Lipinski definition) is 0. The first-order valence-electron chi connectivity index (χ1n) is 4.66. The number of benzene rings is 1. The fourth-order valence-corrected chi connectivity index (χ4v) is 0.874. The molecule has 0 fully saturated rings. The van der Waals surface area contributed by atoms with E-state index in [1.54, 1.807) is 0 Å². The van der Waals surface area contributed by atoms with E-state index >= 15 is 0 Å². The minimum absolute atomic E-state index is 0.329. The molecule has 0 aliphatic carbocycles. The average molecular weight is 204 g/mol. The second-order valence-corrected chi connectivity index (χ2v) is 2.69. The number of esters is 1. The highest BCUT2D eigenvalue weighted by atomic mass is 16.5. The van der Waals surface area contributed by atoms with Crippen LogP contribution in [0.1, 0.15) is 19.4 Å². The zero-order valence-corrected chi connectivity index (χ0v) is 9.14. The predicted octanol–water partition coefficient (Wildman–Crippen LogP) is 3.41. The Balaban J connectivity index is 0.000000288. The lowest BCUT2D eigenvalue weighted by Gasteiger charge is -1.86. The monoisotopic (exact) mass is 204 g/mol. The Morgan fingerprint density at radius 1 is 1.33 bits per heavy atom. The van der Waals surface area contributed by atoms with Gasteiger partial charge >= 0.3 is 5.97 Å². The van der Waals surface area contributed by atoms with Crippen LogP contribution in [0.25, 0.3) is 6.08 Å². The van der Waals surface area contributed by atoms with Gasteiger partial charge < -0.3 is 4.74 Å². The van der Waals surface area contributed by atoms with Crippen molar-refractivity contribution in [2.24, 2.45) is 0 Å². The van der Waals surface area contributed by atoms with Crippen LogP contribution in [0.4, 0.5) is 0 Å². The zero-order chi connectivity index (χ0) is 11.5. The van der Waals surface area contributed by atoms with E-state index in [4.69, 9.17) is 0 Å². The Labute approximate surface area is 90.9 Å². The maximum absolute atomic E-state index is 9.75. The maximum Gasteiger partial charge on any atom is 0.307 e. The summed E-state index contributed by atoms with van der Waals surface area (Å²) in [6.45, 7) is 6.50. The predicted molar refractivity (Wildman–Crippen MR) is 63.1 cm³/mol. The minimum Gasteiger partial charge on any atom is -0.435 e. The van der Waals surface area contributed by atoms with Gasteiger partial charge in [-0.15, -0.1) is 0 Å². The Bertz CT molecular complexity index is 313. The topological polar surface area (TPSA) is 26.3 Å². The molecule has 80 valence electrons. The molecule has 0 N–H and O–H groups in total. The lowest BCUT2D eigenvalue weighted by Crippen LogP contribution is -1.87. The van der Waals surface area contributed by atoms with E-state index in [-0.39, 0.29) is 5.97 Å². The highest BCUT2D eigenvalue weighted by Gasteiger charge is 1.79. The molecule has 0 aliphatic heterocycles. The SMILES string of the molecule is C=COC(C)=O.CC=Cc1ccccc1. The summed E-state index contributed by atoms with van der Waals surface area (Å²) in [6.07, 6.45) is 5.22. The van der Waals surface area contributed by atoms with Crippen molar-refractivity contribution in [2.75, 3.05) is 0 Å². The van der Waals surface area contributed by atoms with Crippen molar-refractivity contribution in [3.63, 3.8) is 0 Å². The van der Waals surface area contributed by atoms with Crippen molar-refractivity contribution >= 4 is 12.0 Å². The van der Waals surface area contributed by atoms with Crippen molar-refractivity contribution in [1.29, 1.82) is 0 Å². The Morgan fingerprint density at radius 2 is 1.93 bits per heavy atom. The molecule has 0 saturated carbocycles. The van der Waals surface area contributed by atoms with Crippen LogP contribution in [0.5, 0.6) is 0 Å². The van der Waals surface area contributed by atoms with Crippen molar-refractivity contribution in [1.82, 2.24) is 0 Å². The number of hydrogen-bond acceptors (Lipinski definition) is 2. The quantitative estimate of drug-likeness (QED) is 0.545. The average Bonchev–Trinajstić information content (AvgIpc) is 2.20. The molecule has 0 amide bonds. The summed E-state index contributed by atoms with van der Waals surface area (Å²) in [5.74, 6) is -0.329. The number of carbonyl (C=O) groups is 1. The summed E-state index contributed by atoms with van der Waals surface area (Å²) in [4.78, 5) is 9.75. The summed E-state index contributed by atoms with van der Waals surface area (Å²) in [6, 6.07) is 10.3. The molecule has 0 spiro atoms. The third kappa shape index (κ3) is 8.50. The molecule has 2 nitrogen and oxygen atoms in total. The molecule has 0 heterocycles. The van der Waals surface area contributed by atoms with Crippen LogP contribution in [0, 0.1) is 0 Å². The lowest BCUT2D eigenvalue weighted by atomic mass is 10.2. The molecular formula is C13H16O2. The zero-order valence-electron chi connectivity index (χ0n) is 9.14. The molecule has 0 atom stereocenters. The van der Waals surface area contributed by atoms with E-state index in [1.165, 1.54) is 12.5 Å². The molecule has 1 rings (SSSR count). The number of allylic oxidation sites excluding steroid dienone is 1. The van der Waals surface area contributed by atoms with Gasteiger partial charge in [0, 0.05) is 6.92 Å². The molecule has 0 saturated heterocycles. The summed E-state index contributed by atoms with van der Waals surface area (Å²) in [5, 5.41) is 0. The minimum atomic E-state index is -0.329. The molecule has 15 heavy (non-hydrogen) atoms. The van der Waals surface area contributed by atoms with Crippen LogP contribution in [-0.2, 0) is 9.53 Å². The number of ether oxygens (including phenoxy) is 1. The highest BCUT2D eigenvalue weighted by Crippen LogP contribution is 1.99.